The number of carbonyl (C=O) groups excluding carboxylic acids is 1. The number of fused-ring (bicyclic) bond motifs is 1. The zero-order valence-electron chi connectivity index (χ0n) is 12.9. The fraction of sp³-hybridized carbons (Fsp3) is 0.562. The second-order valence-electron chi connectivity index (χ2n) is 5.85. The van der Waals surface area contributed by atoms with Crippen molar-refractivity contribution in [2.24, 2.45) is 0 Å². The predicted molar refractivity (Wildman–Crippen MR) is 81.4 cm³/mol. The Morgan fingerprint density at radius 1 is 1.27 bits per heavy atom. The molecule has 1 aromatic rings. The number of benzene rings is 1. The molecule has 5 nitrogen and oxygen atoms in total. The van der Waals surface area contributed by atoms with Gasteiger partial charge in [0.15, 0.2) is 11.9 Å². The van der Waals surface area contributed by atoms with Crippen LogP contribution >= 0.6 is 11.8 Å². The molecule has 2 aliphatic rings. The number of ether oxygens (including phenoxy) is 4. The van der Waals surface area contributed by atoms with E-state index in [0.29, 0.717) is 6.61 Å². The van der Waals surface area contributed by atoms with Crippen molar-refractivity contribution in [1.82, 2.24) is 0 Å². The van der Waals surface area contributed by atoms with E-state index < -0.39 is 11.9 Å². The molecule has 0 bridgehead atoms. The fourth-order valence-electron chi connectivity index (χ4n) is 2.76. The van der Waals surface area contributed by atoms with E-state index in [4.69, 9.17) is 18.9 Å². The van der Waals surface area contributed by atoms with Gasteiger partial charge in [-0.25, -0.2) is 0 Å². The van der Waals surface area contributed by atoms with Crippen LogP contribution in [0.5, 0.6) is 0 Å². The third kappa shape index (κ3) is 3.46. The highest BCUT2D eigenvalue weighted by Gasteiger charge is 2.52. The highest BCUT2D eigenvalue weighted by atomic mass is 32.2. The highest BCUT2D eigenvalue weighted by Crippen LogP contribution is 2.40. The minimum atomic E-state index is -0.691. The molecule has 2 saturated heterocycles. The summed E-state index contributed by atoms with van der Waals surface area (Å²) in [5.74, 6) is -1.04. The molecule has 0 radical (unpaired) electrons. The topological polar surface area (TPSA) is 54.0 Å². The van der Waals surface area contributed by atoms with Gasteiger partial charge in [-0.1, -0.05) is 30.0 Å². The van der Waals surface area contributed by atoms with Gasteiger partial charge in [-0.15, -0.1) is 0 Å². The largest absolute Gasteiger partial charge is 0.456 e. The molecule has 0 aliphatic carbocycles. The lowest BCUT2D eigenvalue weighted by molar-refractivity contribution is -0.177. The lowest BCUT2D eigenvalue weighted by Gasteiger charge is -2.36. The van der Waals surface area contributed by atoms with Gasteiger partial charge in [0.05, 0.1) is 6.61 Å². The molecule has 0 amide bonds. The number of thioether (sulfide) groups is 1. The van der Waals surface area contributed by atoms with Crippen LogP contribution in [0.25, 0.3) is 0 Å². The van der Waals surface area contributed by atoms with E-state index in [1.165, 1.54) is 18.7 Å². The van der Waals surface area contributed by atoms with E-state index in [1.54, 1.807) is 0 Å². The maximum absolute atomic E-state index is 11.5. The predicted octanol–water partition coefficient (Wildman–Crippen LogP) is 2.59. The van der Waals surface area contributed by atoms with Crippen LogP contribution in [0.1, 0.15) is 20.8 Å². The number of esters is 1. The molecular weight excluding hydrogens is 304 g/mol. The Bertz CT molecular complexity index is 533. The first-order chi connectivity index (χ1) is 10.4. The average molecular weight is 324 g/mol. The molecule has 2 fully saturated rings. The lowest BCUT2D eigenvalue weighted by atomic mass is 10.1. The van der Waals surface area contributed by atoms with Crippen molar-refractivity contribution in [3.8, 4) is 0 Å². The monoisotopic (exact) mass is 324 g/mol. The second kappa shape index (κ2) is 6.20. The summed E-state index contributed by atoms with van der Waals surface area (Å²) < 4.78 is 23.1. The van der Waals surface area contributed by atoms with Gasteiger partial charge in [0.1, 0.15) is 17.6 Å². The molecule has 0 saturated carbocycles. The quantitative estimate of drug-likeness (QED) is 0.797. The van der Waals surface area contributed by atoms with Crippen molar-refractivity contribution in [2.45, 2.75) is 55.2 Å². The van der Waals surface area contributed by atoms with Crippen LogP contribution in [-0.2, 0) is 23.7 Å². The van der Waals surface area contributed by atoms with E-state index in [-0.39, 0.29) is 23.6 Å². The SMILES string of the molecule is CC(=O)OC1C(Sc2ccccc2)OCC2OC(C)(C)OC21. The fourth-order valence-corrected chi connectivity index (χ4v) is 3.83. The van der Waals surface area contributed by atoms with Gasteiger partial charge in [-0.3, -0.25) is 4.79 Å². The molecule has 0 spiro atoms. The van der Waals surface area contributed by atoms with Crippen LogP contribution < -0.4 is 0 Å². The van der Waals surface area contributed by atoms with Gasteiger partial charge in [-0.2, -0.15) is 0 Å². The molecule has 2 heterocycles. The Hall–Kier alpha value is -1.08. The molecule has 0 aromatic heterocycles. The summed E-state index contributed by atoms with van der Waals surface area (Å²) in [5.41, 5.74) is -0.315. The van der Waals surface area contributed by atoms with E-state index in [2.05, 4.69) is 0 Å². The molecule has 4 unspecified atom stereocenters. The lowest BCUT2D eigenvalue weighted by Crippen LogP contribution is -2.52. The summed E-state index contributed by atoms with van der Waals surface area (Å²) in [6.07, 6.45) is -1.02. The Morgan fingerprint density at radius 3 is 2.68 bits per heavy atom. The minimum Gasteiger partial charge on any atom is -0.456 e. The van der Waals surface area contributed by atoms with E-state index in [9.17, 15) is 4.79 Å². The van der Waals surface area contributed by atoms with Crippen LogP contribution in [0.2, 0.25) is 0 Å². The summed E-state index contributed by atoms with van der Waals surface area (Å²) in [4.78, 5) is 12.5. The molecule has 0 N–H and O–H groups in total. The van der Waals surface area contributed by atoms with Crippen LogP contribution in [0.3, 0.4) is 0 Å². The maximum atomic E-state index is 11.5. The average Bonchev–Trinajstić information content (AvgIpc) is 2.77. The number of rotatable bonds is 3. The van der Waals surface area contributed by atoms with Crippen LogP contribution in [0.15, 0.2) is 35.2 Å². The first-order valence-electron chi connectivity index (χ1n) is 7.31. The van der Waals surface area contributed by atoms with Gasteiger partial charge < -0.3 is 18.9 Å². The van der Waals surface area contributed by atoms with Crippen molar-refractivity contribution in [3.05, 3.63) is 30.3 Å². The smallest absolute Gasteiger partial charge is 0.303 e. The van der Waals surface area contributed by atoms with E-state index in [1.807, 2.05) is 44.2 Å². The number of hydrogen-bond donors (Lipinski definition) is 0. The number of hydrogen-bond acceptors (Lipinski definition) is 6. The van der Waals surface area contributed by atoms with Crippen molar-refractivity contribution >= 4 is 17.7 Å². The van der Waals surface area contributed by atoms with Crippen LogP contribution in [0, 0.1) is 0 Å². The Balaban J connectivity index is 1.79. The first-order valence-corrected chi connectivity index (χ1v) is 8.19. The zero-order valence-corrected chi connectivity index (χ0v) is 13.7. The van der Waals surface area contributed by atoms with Crippen LogP contribution in [-0.4, -0.2) is 42.1 Å². The summed E-state index contributed by atoms with van der Waals surface area (Å²) in [6, 6.07) is 9.89. The first kappa shape index (κ1) is 15.8. The summed E-state index contributed by atoms with van der Waals surface area (Å²) in [7, 11) is 0. The van der Waals surface area contributed by atoms with Crippen molar-refractivity contribution < 1.29 is 23.7 Å². The van der Waals surface area contributed by atoms with E-state index >= 15 is 0 Å². The van der Waals surface area contributed by atoms with Crippen molar-refractivity contribution in [3.63, 3.8) is 0 Å². The molecule has 3 rings (SSSR count). The second-order valence-corrected chi connectivity index (χ2v) is 7.02. The van der Waals surface area contributed by atoms with E-state index in [0.717, 1.165) is 4.90 Å². The summed E-state index contributed by atoms with van der Waals surface area (Å²) in [6.45, 7) is 5.54. The number of carbonyl (C=O) groups is 1. The molecular formula is C16H20O5S. The molecule has 22 heavy (non-hydrogen) atoms. The Kier molecular flexibility index (Phi) is 4.45. The molecule has 2 aliphatic heterocycles. The van der Waals surface area contributed by atoms with Crippen molar-refractivity contribution in [1.29, 1.82) is 0 Å². The van der Waals surface area contributed by atoms with Crippen LogP contribution in [0.4, 0.5) is 0 Å². The minimum absolute atomic E-state index is 0.216. The summed E-state index contributed by atoms with van der Waals surface area (Å²) >= 11 is 1.53. The van der Waals surface area contributed by atoms with Gasteiger partial charge in [0.2, 0.25) is 0 Å². The molecule has 120 valence electrons. The Morgan fingerprint density at radius 2 is 2.00 bits per heavy atom. The van der Waals surface area contributed by atoms with Gasteiger partial charge in [0.25, 0.3) is 0 Å². The third-order valence-electron chi connectivity index (χ3n) is 3.54. The van der Waals surface area contributed by atoms with Gasteiger partial charge in [-0.05, 0) is 26.0 Å². The van der Waals surface area contributed by atoms with Gasteiger partial charge >= 0.3 is 5.97 Å². The normalized spacial score (nSPS) is 33.2. The summed E-state index contributed by atoms with van der Waals surface area (Å²) in [5, 5.41) is 0. The highest BCUT2D eigenvalue weighted by molar-refractivity contribution is 7.99. The Labute approximate surface area is 134 Å². The molecule has 4 atom stereocenters. The zero-order chi connectivity index (χ0) is 15.7. The maximum Gasteiger partial charge on any atom is 0.303 e. The third-order valence-corrected chi connectivity index (χ3v) is 4.72. The standard InChI is InChI=1S/C16H20O5S/c1-10(17)19-14-13-12(20-16(2,3)21-13)9-18-15(14)22-11-7-5-4-6-8-11/h4-8,12-15H,9H2,1-3H3. The molecule has 1 aromatic carbocycles. The van der Waals surface area contributed by atoms with Crippen molar-refractivity contribution in [2.75, 3.05) is 6.61 Å². The van der Waals surface area contributed by atoms with Gasteiger partial charge in [0, 0.05) is 11.8 Å². The molecule has 6 heteroatoms.